The zero-order valence-corrected chi connectivity index (χ0v) is 24.2. The van der Waals surface area contributed by atoms with Gasteiger partial charge in [-0.15, -0.1) is 37.2 Å². The summed E-state index contributed by atoms with van der Waals surface area (Å²) in [4.78, 5) is 4.59. The summed E-state index contributed by atoms with van der Waals surface area (Å²) >= 11 is 6.03. The lowest BCUT2D eigenvalue weighted by Crippen LogP contribution is -2.49. The molecule has 0 aromatic heterocycles. The number of piperazine rings is 1. The van der Waals surface area contributed by atoms with Crippen molar-refractivity contribution in [3.05, 3.63) is 82.6 Å². The van der Waals surface area contributed by atoms with E-state index >= 15 is 0 Å². The minimum atomic E-state index is -0.645. The molecule has 3 aromatic carbocycles. The Morgan fingerprint density at radius 1 is 0.921 bits per heavy atom. The highest BCUT2D eigenvalue weighted by Crippen LogP contribution is 2.34. The molecule has 1 aliphatic heterocycles. The number of β-amino-alcohol motifs (C(OH)–C–C–N with tert-alkyl or cyclic N) is 1. The summed E-state index contributed by atoms with van der Waals surface area (Å²) in [6.45, 7) is 4.12. The van der Waals surface area contributed by atoms with Gasteiger partial charge in [-0.25, -0.2) is 4.39 Å². The molecule has 1 atom stereocenters. The van der Waals surface area contributed by atoms with E-state index in [1.54, 1.807) is 12.1 Å². The molecule has 0 saturated carbocycles. The van der Waals surface area contributed by atoms with Crippen LogP contribution in [0.5, 0.6) is 11.5 Å². The van der Waals surface area contributed by atoms with Crippen LogP contribution in [0.2, 0.25) is 5.02 Å². The van der Waals surface area contributed by atoms with E-state index < -0.39 is 6.10 Å². The maximum Gasteiger partial charge on any atom is 0.163 e. The molecule has 1 fully saturated rings. The van der Waals surface area contributed by atoms with Gasteiger partial charge in [-0.3, -0.25) is 4.90 Å². The summed E-state index contributed by atoms with van der Waals surface area (Å²) in [7, 11) is 1.53. The summed E-state index contributed by atoms with van der Waals surface area (Å²) in [6, 6.07) is 18.4. The van der Waals surface area contributed by atoms with Crippen molar-refractivity contribution in [1.29, 1.82) is 0 Å². The maximum absolute atomic E-state index is 13.1. The summed E-state index contributed by atoms with van der Waals surface area (Å²) in [5.41, 5.74) is 9.72. The number of ether oxygens (including phenoxy) is 2. The fraction of sp³-hybridized carbons (Fsp3) is 0.333. The molecule has 0 bridgehead atoms. The van der Waals surface area contributed by atoms with E-state index in [0.717, 1.165) is 38.2 Å². The Bertz CT molecular complexity index is 1120. The Hall–Kier alpha value is -2.13. The van der Waals surface area contributed by atoms with Gasteiger partial charge in [0.25, 0.3) is 0 Å². The van der Waals surface area contributed by atoms with Gasteiger partial charge in [0.2, 0.25) is 0 Å². The van der Waals surface area contributed by atoms with Crippen molar-refractivity contribution in [3.63, 3.8) is 0 Å². The van der Waals surface area contributed by atoms with E-state index in [-0.39, 0.29) is 49.6 Å². The SMILES string of the molecule is COc1cc(Cl)c(N)cc1OCC(O)CN1CCN(c2ccc(Cc3ccc(F)cc3)cc2)CC1.Cl.Cl.Cl. The third-order valence-electron chi connectivity index (χ3n) is 6.18. The molecule has 210 valence electrons. The minimum absolute atomic E-state index is 0. The molecular formula is C27H34Cl4FN3O3. The van der Waals surface area contributed by atoms with Gasteiger partial charge in [-0.1, -0.05) is 35.9 Å². The van der Waals surface area contributed by atoms with Crippen LogP contribution < -0.4 is 20.1 Å². The fourth-order valence-corrected chi connectivity index (χ4v) is 4.36. The molecule has 0 aliphatic carbocycles. The van der Waals surface area contributed by atoms with Crippen LogP contribution in [-0.2, 0) is 6.42 Å². The zero-order chi connectivity index (χ0) is 24.8. The van der Waals surface area contributed by atoms with Crippen molar-refractivity contribution in [1.82, 2.24) is 4.90 Å². The number of methoxy groups -OCH3 is 1. The van der Waals surface area contributed by atoms with Crippen molar-refractivity contribution in [3.8, 4) is 11.5 Å². The van der Waals surface area contributed by atoms with Crippen LogP contribution >= 0.6 is 48.8 Å². The Morgan fingerprint density at radius 3 is 2.08 bits per heavy atom. The number of aliphatic hydroxyl groups excluding tert-OH is 1. The lowest BCUT2D eigenvalue weighted by Gasteiger charge is -2.37. The molecule has 3 aromatic rings. The van der Waals surface area contributed by atoms with Crippen LogP contribution in [0.3, 0.4) is 0 Å². The molecule has 6 nitrogen and oxygen atoms in total. The topological polar surface area (TPSA) is 71.2 Å². The number of nitrogens with two attached hydrogens (primary N) is 1. The van der Waals surface area contributed by atoms with E-state index in [1.807, 2.05) is 12.1 Å². The van der Waals surface area contributed by atoms with E-state index in [1.165, 1.54) is 30.5 Å². The van der Waals surface area contributed by atoms with Crippen molar-refractivity contribution in [2.75, 3.05) is 57.1 Å². The van der Waals surface area contributed by atoms with Crippen molar-refractivity contribution < 1.29 is 19.0 Å². The average molecular weight is 609 g/mol. The summed E-state index contributed by atoms with van der Waals surface area (Å²) in [5.74, 6) is 0.727. The molecule has 1 aliphatic rings. The molecule has 1 saturated heterocycles. The molecule has 3 N–H and O–H groups in total. The third kappa shape index (κ3) is 9.26. The highest BCUT2D eigenvalue weighted by molar-refractivity contribution is 6.33. The second-order valence-corrected chi connectivity index (χ2v) is 9.15. The summed E-state index contributed by atoms with van der Waals surface area (Å²) in [6.07, 6.45) is 0.136. The summed E-state index contributed by atoms with van der Waals surface area (Å²) < 4.78 is 24.1. The molecule has 0 amide bonds. The lowest BCUT2D eigenvalue weighted by atomic mass is 10.0. The second kappa shape index (κ2) is 16.1. The van der Waals surface area contributed by atoms with Gasteiger partial charge in [0.1, 0.15) is 18.5 Å². The van der Waals surface area contributed by atoms with Gasteiger partial charge in [0.15, 0.2) is 11.5 Å². The van der Waals surface area contributed by atoms with Gasteiger partial charge in [0.05, 0.1) is 17.8 Å². The first-order chi connectivity index (χ1) is 16.9. The van der Waals surface area contributed by atoms with Gasteiger partial charge >= 0.3 is 0 Å². The van der Waals surface area contributed by atoms with Gasteiger partial charge in [-0.05, 0) is 41.8 Å². The number of nitrogens with zero attached hydrogens (tertiary/aromatic N) is 2. The van der Waals surface area contributed by atoms with Crippen LogP contribution in [0.15, 0.2) is 60.7 Å². The first-order valence-electron chi connectivity index (χ1n) is 11.7. The number of rotatable bonds is 9. The maximum atomic E-state index is 13.1. The van der Waals surface area contributed by atoms with E-state index in [4.69, 9.17) is 26.8 Å². The largest absolute Gasteiger partial charge is 0.493 e. The lowest BCUT2D eigenvalue weighted by molar-refractivity contribution is 0.0653. The Morgan fingerprint density at radius 2 is 1.50 bits per heavy atom. The number of anilines is 2. The molecule has 11 heteroatoms. The first kappa shape index (κ1) is 33.9. The quantitative estimate of drug-likeness (QED) is 0.313. The Balaban J connectivity index is 0.00000241. The fourth-order valence-electron chi connectivity index (χ4n) is 4.21. The number of hydrogen-bond acceptors (Lipinski definition) is 6. The van der Waals surface area contributed by atoms with Crippen LogP contribution in [0.4, 0.5) is 15.8 Å². The smallest absolute Gasteiger partial charge is 0.163 e. The molecule has 4 rings (SSSR count). The van der Waals surface area contributed by atoms with E-state index in [2.05, 4.69) is 34.1 Å². The van der Waals surface area contributed by atoms with Crippen LogP contribution in [0.25, 0.3) is 0 Å². The second-order valence-electron chi connectivity index (χ2n) is 8.75. The summed E-state index contributed by atoms with van der Waals surface area (Å²) in [5, 5.41) is 10.9. The molecule has 0 radical (unpaired) electrons. The first-order valence-corrected chi connectivity index (χ1v) is 12.0. The molecule has 1 unspecified atom stereocenters. The minimum Gasteiger partial charge on any atom is -0.493 e. The molecule has 1 heterocycles. The highest BCUT2D eigenvalue weighted by Gasteiger charge is 2.20. The number of nitrogen functional groups attached to an aromatic ring is 1. The predicted octanol–water partition coefficient (Wildman–Crippen LogP) is 5.49. The predicted molar refractivity (Wildman–Crippen MR) is 160 cm³/mol. The number of aliphatic hydroxyl groups is 1. The number of benzene rings is 3. The van der Waals surface area contributed by atoms with Crippen molar-refractivity contribution in [2.45, 2.75) is 12.5 Å². The van der Waals surface area contributed by atoms with Gasteiger partial charge < -0.3 is 25.2 Å². The molecular weight excluding hydrogens is 575 g/mol. The third-order valence-corrected chi connectivity index (χ3v) is 6.51. The Labute approximate surface area is 247 Å². The number of halogens is 5. The van der Waals surface area contributed by atoms with E-state index in [9.17, 15) is 9.50 Å². The molecule has 38 heavy (non-hydrogen) atoms. The normalized spacial score (nSPS) is 13.9. The van der Waals surface area contributed by atoms with Crippen molar-refractivity contribution >= 4 is 60.2 Å². The highest BCUT2D eigenvalue weighted by atomic mass is 35.5. The van der Waals surface area contributed by atoms with Crippen LogP contribution in [-0.4, -0.2) is 62.6 Å². The van der Waals surface area contributed by atoms with Gasteiger partial charge in [-0.2, -0.15) is 0 Å². The van der Waals surface area contributed by atoms with E-state index in [0.29, 0.717) is 28.8 Å². The van der Waals surface area contributed by atoms with Crippen LogP contribution in [0, 0.1) is 5.82 Å². The molecule has 0 spiro atoms. The Kier molecular flexibility index (Phi) is 14.3. The standard InChI is InChI=1S/C27H31ClFN3O3.3ClH/c1-34-26-15-24(28)25(30)16-27(26)35-18-23(33)17-31-10-12-32(13-11-31)22-8-4-20(5-9-22)14-19-2-6-21(29)7-3-19;;;/h2-9,15-16,23,33H,10-14,17-18,30H2,1H3;3*1H. The average Bonchev–Trinajstić information content (AvgIpc) is 2.87. The zero-order valence-electron chi connectivity index (χ0n) is 21.0. The van der Waals surface area contributed by atoms with Gasteiger partial charge in [0, 0.05) is 50.5 Å². The van der Waals surface area contributed by atoms with Crippen molar-refractivity contribution in [2.24, 2.45) is 0 Å². The van der Waals surface area contributed by atoms with Crippen LogP contribution in [0.1, 0.15) is 11.1 Å². The number of hydrogen-bond donors (Lipinski definition) is 2. The monoisotopic (exact) mass is 607 g/mol.